The average Bonchev–Trinajstić information content (AvgIpc) is 3.32. The largest absolute Gasteiger partial charge is 0.350 e. The van der Waals surface area contributed by atoms with Crippen LogP contribution < -0.4 is 5.32 Å². The molecule has 1 aliphatic heterocycles. The zero-order chi connectivity index (χ0) is 14.9. The van der Waals surface area contributed by atoms with Crippen LogP contribution in [0.2, 0.25) is 0 Å². The summed E-state index contributed by atoms with van der Waals surface area (Å²) in [6.45, 7) is 3.14. The molecule has 5 heteroatoms. The molecule has 2 N–H and O–H groups in total. The molecule has 4 rings (SSSR count). The van der Waals surface area contributed by atoms with Crippen LogP contribution in [0.15, 0.2) is 24.3 Å². The zero-order valence-electron chi connectivity index (χ0n) is 12.7. The number of para-hydroxylation sites is 1. The minimum absolute atomic E-state index is 0.0675. The summed E-state index contributed by atoms with van der Waals surface area (Å²) in [6, 6.07) is 8.61. The van der Waals surface area contributed by atoms with Gasteiger partial charge in [-0.1, -0.05) is 18.2 Å². The van der Waals surface area contributed by atoms with E-state index in [1.165, 1.54) is 38.8 Å². The molecule has 1 amide bonds. The van der Waals surface area contributed by atoms with Crippen molar-refractivity contribution in [3.8, 4) is 0 Å². The first kappa shape index (κ1) is 13.8. The number of likely N-dealkylation sites (tertiary alicyclic amines) is 1. The molecular weight excluding hydrogens is 276 g/mol. The van der Waals surface area contributed by atoms with Crippen LogP contribution in [0.4, 0.5) is 0 Å². The lowest BCUT2D eigenvalue weighted by molar-refractivity contribution is 0.0931. The van der Waals surface area contributed by atoms with E-state index < -0.39 is 0 Å². The molecule has 0 spiro atoms. The fraction of sp³-hybridized carbons (Fsp3) is 0.529. The maximum Gasteiger partial charge on any atom is 0.272 e. The number of piperidine rings is 1. The summed E-state index contributed by atoms with van der Waals surface area (Å²) in [5.74, 6) is 0.534. The molecule has 0 atom stereocenters. The van der Waals surface area contributed by atoms with Crippen LogP contribution in [0.1, 0.15) is 36.2 Å². The fourth-order valence-electron chi connectivity index (χ4n) is 3.42. The molecular formula is C17H22N4O. The Labute approximate surface area is 130 Å². The third-order valence-corrected chi connectivity index (χ3v) is 4.95. The number of aromatic amines is 1. The Balaban J connectivity index is 1.33. The number of H-pyrrole nitrogens is 1. The third-order valence-electron chi connectivity index (χ3n) is 4.95. The van der Waals surface area contributed by atoms with E-state index in [-0.39, 0.29) is 5.91 Å². The second-order valence-electron chi connectivity index (χ2n) is 6.54. The maximum atomic E-state index is 12.3. The van der Waals surface area contributed by atoms with Crippen molar-refractivity contribution in [2.75, 3.05) is 19.6 Å². The zero-order valence-corrected chi connectivity index (χ0v) is 12.7. The summed E-state index contributed by atoms with van der Waals surface area (Å²) >= 11 is 0. The molecule has 22 heavy (non-hydrogen) atoms. The first-order valence-electron chi connectivity index (χ1n) is 8.26. The third kappa shape index (κ3) is 2.73. The molecule has 2 heterocycles. The number of nitrogens with one attached hydrogen (secondary N) is 2. The predicted octanol–water partition coefficient (Wildman–Crippen LogP) is 2.17. The molecule has 1 saturated heterocycles. The van der Waals surface area contributed by atoms with Gasteiger partial charge in [-0.15, -0.1) is 0 Å². The summed E-state index contributed by atoms with van der Waals surface area (Å²) < 4.78 is 0. The van der Waals surface area contributed by atoms with E-state index in [0.29, 0.717) is 11.6 Å². The Hall–Kier alpha value is -1.88. The van der Waals surface area contributed by atoms with E-state index in [0.717, 1.165) is 23.5 Å². The topological polar surface area (TPSA) is 61.0 Å². The van der Waals surface area contributed by atoms with Crippen LogP contribution in [-0.4, -0.2) is 46.7 Å². The number of benzene rings is 1. The predicted molar refractivity (Wildman–Crippen MR) is 85.7 cm³/mol. The first-order chi connectivity index (χ1) is 10.8. The van der Waals surface area contributed by atoms with E-state index in [4.69, 9.17) is 0 Å². The van der Waals surface area contributed by atoms with E-state index in [2.05, 4.69) is 20.4 Å². The molecule has 0 radical (unpaired) electrons. The van der Waals surface area contributed by atoms with Gasteiger partial charge in [0.25, 0.3) is 5.91 Å². The highest BCUT2D eigenvalue weighted by Gasteiger charge is 2.31. The molecule has 2 aliphatic rings. The molecule has 5 nitrogen and oxygen atoms in total. The van der Waals surface area contributed by atoms with Crippen molar-refractivity contribution in [2.24, 2.45) is 5.92 Å². The second-order valence-corrected chi connectivity index (χ2v) is 6.54. The summed E-state index contributed by atoms with van der Waals surface area (Å²) in [4.78, 5) is 15.0. The Bertz CT molecular complexity index is 668. The van der Waals surface area contributed by atoms with Crippen LogP contribution in [0, 0.1) is 5.92 Å². The summed E-state index contributed by atoms with van der Waals surface area (Å²) in [5, 5.41) is 11.0. The Morgan fingerprint density at radius 1 is 1.23 bits per heavy atom. The SMILES string of the molecule is O=C(NCC1CCN(C2CC2)CC1)c1n[nH]c2ccccc12. The number of hydrogen-bond donors (Lipinski definition) is 2. The van der Waals surface area contributed by atoms with E-state index in [1.54, 1.807) is 0 Å². The van der Waals surface area contributed by atoms with Gasteiger partial charge in [0, 0.05) is 18.0 Å². The van der Waals surface area contributed by atoms with E-state index in [9.17, 15) is 4.79 Å². The van der Waals surface area contributed by atoms with Gasteiger partial charge < -0.3 is 10.2 Å². The van der Waals surface area contributed by atoms with Crippen LogP contribution in [-0.2, 0) is 0 Å². The Morgan fingerprint density at radius 3 is 2.77 bits per heavy atom. The van der Waals surface area contributed by atoms with Crippen molar-refractivity contribution in [1.29, 1.82) is 0 Å². The van der Waals surface area contributed by atoms with Gasteiger partial charge in [-0.2, -0.15) is 5.10 Å². The number of aromatic nitrogens is 2. The average molecular weight is 298 g/mol. The van der Waals surface area contributed by atoms with Crippen molar-refractivity contribution in [3.63, 3.8) is 0 Å². The van der Waals surface area contributed by atoms with Gasteiger partial charge in [0.1, 0.15) is 0 Å². The normalized spacial score (nSPS) is 20.4. The van der Waals surface area contributed by atoms with E-state index >= 15 is 0 Å². The van der Waals surface area contributed by atoms with Gasteiger partial charge in [-0.05, 0) is 50.8 Å². The van der Waals surface area contributed by atoms with Gasteiger partial charge in [0.05, 0.1) is 5.52 Å². The number of hydrogen-bond acceptors (Lipinski definition) is 3. The van der Waals surface area contributed by atoms with Gasteiger partial charge in [-0.25, -0.2) is 0 Å². The van der Waals surface area contributed by atoms with Gasteiger partial charge in [0.15, 0.2) is 5.69 Å². The van der Waals surface area contributed by atoms with Gasteiger partial charge >= 0.3 is 0 Å². The molecule has 2 fully saturated rings. The minimum Gasteiger partial charge on any atom is -0.350 e. The highest BCUT2D eigenvalue weighted by atomic mass is 16.1. The van der Waals surface area contributed by atoms with Crippen LogP contribution in [0.3, 0.4) is 0 Å². The molecule has 0 bridgehead atoms. The van der Waals surface area contributed by atoms with Gasteiger partial charge in [0.2, 0.25) is 0 Å². The molecule has 1 saturated carbocycles. The van der Waals surface area contributed by atoms with Crippen molar-refractivity contribution >= 4 is 16.8 Å². The maximum absolute atomic E-state index is 12.3. The summed E-state index contributed by atoms with van der Waals surface area (Å²) in [5.41, 5.74) is 1.41. The van der Waals surface area contributed by atoms with Crippen molar-refractivity contribution in [3.05, 3.63) is 30.0 Å². The lowest BCUT2D eigenvalue weighted by Gasteiger charge is -2.31. The highest BCUT2D eigenvalue weighted by Crippen LogP contribution is 2.30. The van der Waals surface area contributed by atoms with Crippen molar-refractivity contribution in [2.45, 2.75) is 31.7 Å². The van der Waals surface area contributed by atoms with Crippen molar-refractivity contribution in [1.82, 2.24) is 20.4 Å². The van der Waals surface area contributed by atoms with Crippen molar-refractivity contribution < 1.29 is 4.79 Å². The highest BCUT2D eigenvalue weighted by molar-refractivity contribution is 6.04. The van der Waals surface area contributed by atoms with Crippen LogP contribution >= 0.6 is 0 Å². The number of nitrogens with zero attached hydrogens (tertiary/aromatic N) is 2. The second kappa shape index (κ2) is 5.72. The molecule has 2 aromatic rings. The van der Waals surface area contributed by atoms with Gasteiger partial charge in [-0.3, -0.25) is 9.89 Å². The number of carbonyl (C=O) groups excluding carboxylic acids is 1. The molecule has 1 aromatic carbocycles. The standard InChI is InChI=1S/C17H22N4O/c22-17(16-14-3-1-2-4-15(14)19-20-16)18-11-12-7-9-21(10-8-12)13-5-6-13/h1-4,12-13H,5-11H2,(H,18,22)(H,19,20). The van der Waals surface area contributed by atoms with Crippen LogP contribution in [0.5, 0.6) is 0 Å². The lowest BCUT2D eigenvalue weighted by atomic mass is 9.96. The first-order valence-corrected chi connectivity index (χ1v) is 8.26. The Kier molecular flexibility index (Phi) is 3.58. The molecule has 1 aromatic heterocycles. The number of amides is 1. The molecule has 1 aliphatic carbocycles. The summed E-state index contributed by atoms with van der Waals surface area (Å²) in [6.07, 6.45) is 5.15. The fourth-order valence-corrected chi connectivity index (χ4v) is 3.42. The quantitative estimate of drug-likeness (QED) is 0.909. The minimum atomic E-state index is -0.0675. The summed E-state index contributed by atoms with van der Waals surface area (Å²) in [7, 11) is 0. The number of fused-ring (bicyclic) bond motifs is 1. The molecule has 0 unspecified atom stereocenters. The number of carbonyl (C=O) groups is 1. The van der Waals surface area contributed by atoms with E-state index in [1.807, 2.05) is 24.3 Å². The molecule has 116 valence electrons. The van der Waals surface area contributed by atoms with Crippen LogP contribution in [0.25, 0.3) is 10.9 Å². The smallest absolute Gasteiger partial charge is 0.272 e. The Morgan fingerprint density at radius 2 is 2.00 bits per heavy atom. The number of rotatable bonds is 4. The lowest BCUT2D eigenvalue weighted by Crippen LogP contribution is -2.39. The monoisotopic (exact) mass is 298 g/mol.